The summed E-state index contributed by atoms with van der Waals surface area (Å²) in [6.45, 7) is 0.300. The number of hydrogen-bond acceptors (Lipinski definition) is 4. The summed E-state index contributed by atoms with van der Waals surface area (Å²) in [6, 6.07) is 16.8. The predicted molar refractivity (Wildman–Crippen MR) is 97.8 cm³/mol. The molecule has 0 aliphatic heterocycles. The summed E-state index contributed by atoms with van der Waals surface area (Å²) in [4.78, 5) is 27.7. The molecule has 7 nitrogen and oxygen atoms in total. The number of carbonyl (C=O) groups is 2. The highest BCUT2D eigenvalue weighted by atomic mass is 16.2. The van der Waals surface area contributed by atoms with Crippen LogP contribution in [0.25, 0.3) is 5.69 Å². The summed E-state index contributed by atoms with van der Waals surface area (Å²) in [5.74, 6) is -0.250. The molecule has 0 spiro atoms. The Bertz CT molecular complexity index is 845. The molecule has 0 saturated heterocycles. The SMILES string of the molecule is O=C(Cc1ccccc1)NCCC(=O)Nc1ccc(-n2cncn2)cc1. The van der Waals surface area contributed by atoms with E-state index in [0.717, 1.165) is 11.3 Å². The second kappa shape index (κ2) is 8.57. The molecule has 0 fully saturated rings. The number of aromatic nitrogens is 3. The zero-order chi connectivity index (χ0) is 18.2. The Labute approximate surface area is 151 Å². The first-order valence-corrected chi connectivity index (χ1v) is 8.26. The van der Waals surface area contributed by atoms with E-state index in [-0.39, 0.29) is 18.2 Å². The third-order valence-electron chi connectivity index (χ3n) is 3.72. The van der Waals surface area contributed by atoms with Crippen LogP contribution in [0.1, 0.15) is 12.0 Å². The lowest BCUT2D eigenvalue weighted by Crippen LogP contribution is -2.28. The first kappa shape index (κ1) is 17.3. The fourth-order valence-corrected chi connectivity index (χ4v) is 2.42. The van der Waals surface area contributed by atoms with Gasteiger partial charge in [0.15, 0.2) is 0 Å². The van der Waals surface area contributed by atoms with Crippen LogP contribution in [-0.4, -0.2) is 33.1 Å². The molecule has 26 heavy (non-hydrogen) atoms. The van der Waals surface area contributed by atoms with Crippen molar-refractivity contribution in [3.8, 4) is 5.69 Å². The number of hydrogen-bond donors (Lipinski definition) is 2. The van der Waals surface area contributed by atoms with Gasteiger partial charge in [0, 0.05) is 18.7 Å². The highest BCUT2D eigenvalue weighted by molar-refractivity contribution is 5.91. The van der Waals surface area contributed by atoms with Crippen molar-refractivity contribution in [1.29, 1.82) is 0 Å². The van der Waals surface area contributed by atoms with Crippen molar-refractivity contribution in [3.05, 3.63) is 72.8 Å². The number of carbonyl (C=O) groups excluding carboxylic acids is 2. The molecule has 0 saturated carbocycles. The highest BCUT2D eigenvalue weighted by Crippen LogP contribution is 2.12. The van der Waals surface area contributed by atoms with E-state index in [9.17, 15) is 9.59 Å². The topological polar surface area (TPSA) is 88.9 Å². The van der Waals surface area contributed by atoms with E-state index in [1.54, 1.807) is 23.1 Å². The van der Waals surface area contributed by atoms with Gasteiger partial charge in [-0.05, 0) is 29.8 Å². The van der Waals surface area contributed by atoms with Gasteiger partial charge in [0.25, 0.3) is 0 Å². The number of anilines is 1. The van der Waals surface area contributed by atoms with Crippen molar-refractivity contribution in [1.82, 2.24) is 20.1 Å². The molecule has 2 aromatic carbocycles. The third-order valence-corrected chi connectivity index (χ3v) is 3.72. The Kier molecular flexibility index (Phi) is 5.72. The molecular formula is C19H19N5O2. The van der Waals surface area contributed by atoms with E-state index in [0.29, 0.717) is 18.7 Å². The van der Waals surface area contributed by atoms with E-state index in [1.165, 1.54) is 6.33 Å². The van der Waals surface area contributed by atoms with Crippen LogP contribution < -0.4 is 10.6 Å². The second-order valence-corrected chi connectivity index (χ2v) is 5.70. The van der Waals surface area contributed by atoms with Crippen molar-refractivity contribution in [3.63, 3.8) is 0 Å². The number of benzene rings is 2. The minimum absolute atomic E-state index is 0.0961. The Hall–Kier alpha value is -3.48. The van der Waals surface area contributed by atoms with Crippen LogP contribution in [0.4, 0.5) is 5.69 Å². The maximum atomic E-state index is 12.0. The quantitative estimate of drug-likeness (QED) is 0.682. The zero-order valence-corrected chi connectivity index (χ0v) is 14.1. The Morgan fingerprint density at radius 1 is 0.962 bits per heavy atom. The molecule has 0 radical (unpaired) electrons. The highest BCUT2D eigenvalue weighted by Gasteiger charge is 2.06. The van der Waals surface area contributed by atoms with Crippen LogP contribution in [0, 0.1) is 0 Å². The summed E-state index contributed by atoms with van der Waals surface area (Å²) >= 11 is 0. The average molecular weight is 349 g/mol. The molecule has 0 unspecified atom stereocenters. The minimum atomic E-state index is -0.154. The first-order chi connectivity index (χ1) is 12.7. The van der Waals surface area contributed by atoms with Gasteiger partial charge in [0.05, 0.1) is 12.1 Å². The molecule has 0 aliphatic carbocycles. The number of nitrogens with zero attached hydrogens (tertiary/aromatic N) is 3. The molecule has 2 amide bonds. The average Bonchev–Trinajstić information content (AvgIpc) is 3.18. The lowest BCUT2D eigenvalue weighted by atomic mass is 10.1. The molecule has 7 heteroatoms. The molecular weight excluding hydrogens is 330 g/mol. The van der Waals surface area contributed by atoms with E-state index in [1.807, 2.05) is 42.5 Å². The van der Waals surface area contributed by atoms with Gasteiger partial charge >= 0.3 is 0 Å². The maximum Gasteiger partial charge on any atom is 0.226 e. The van der Waals surface area contributed by atoms with Crippen molar-refractivity contribution in [2.75, 3.05) is 11.9 Å². The van der Waals surface area contributed by atoms with Gasteiger partial charge in [0.2, 0.25) is 11.8 Å². The van der Waals surface area contributed by atoms with Gasteiger partial charge < -0.3 is 10.6 Å². The number of rotatable bonds is 7. The summed E-state index contributed by atoms with van der Waals surface area (Å²) in [6.07, 6.45) is 3.59. The monoisotopic (exact) mass is 349 g/mol. The molecule has 1 aromatic heterocycles. The smallest absolute Gasteiger partial charge is 0.226 e. The van der Waals surface area contributed by atoms with Crippen molar-refractivity contribution in [2.45, 2.75) is 12.8 Å². The predicted octanol–water partition coefficient (Wildman–Crippen LogP) is 1.95. The van der Waals surface area contributed by atoms with Crippen LogP contribution >= 0.6 is 0 Å². The number of nitrogens with one attached hydrogen (secondary N) is 2. The van der Waals surface area contributed by atoms with Crippen LogP contribution in [0.15, 0.2) is 67.3 Å². The van der Waals surface area contributed by atoms with Crippen molar-refractivity contribution < 1.29 is 9.59 Å². The van der Waals surface area contributed by atoms with Crippen molar-refractivity contribution in [2.24, 2.45) is 0 Å². The molecule has 3 rings (SSSR count). The van der Waals surface area contributed by atoms with Gasteiger partial charge in [-0.2, -0.15) is 5.10 Å². The van der Waals surface area contributed by atoms with Gasteiger partial charge in [-0.3, -0.25) is 9.59 Å². The normalized spacial score (nSPS) is 10.3. The summed E-state index contributed by atoms with van der Waals surface area (Å²) in [5, 5.41) is 9.60. The fourth-order valence-electron chi connectivity index (χ4n) is 2.42. The van der Waals surface area contributed by atoms with Gasteiger partial charge in [-0.25, -0.2) is 9.67 Å². The standard InChI is InChI=1S/C19H19N5O2/c25-18(10-11-21-19(26)12-15-4-2-1-3-5-15)23-16-6-8-17(9-7-16)24-14-20-13-22-24/h1-9,13-14H,10-12H2,(H,21,26)(H,23,25). The van der Waals surface area contributed by atoms with Gasteiger partial charge in [0.1, 0.15) is 12.7 Å². The largest absolute Gasteiger partial charge is 0.355 e. The molecule has 1 heterocycles. The van der Waals surface area contributed by atoms with E-state index in [2.05, 4.69) is 20.7 Å². The summed E-state index contributed by atoms with van der Waals surface area (Å²) in [7, 11) is 0. The second-order valence-electron chi connectivity index (χ2n) is 5.70. The van der Waals surface area contributed by atoms with Gasteiger partial charge in [-0.15, -0.1) is 0 Å². The van der Waals surface area contributed by atoms with Crippen LogP contribution in [0.3, 0.4) is 0 Å². The first-order valence-electron chi connectivity index (χ1n) is 8.26. The minimum Gasteiger partial charge on any atom is -0.355 e. The molecule has 2 N–H and O–H groups in total. The molecule has 132 valence electrons. The summed E-state index contributed by atoms with van der Waals surface area (Å²) < 4.78 is 1.63. The third kappa shape index (κ3) is 5.01. The van der Waals surface area contributed by atoms with E-state index >= 15 is 0 Å². The molecule has 0 atom stereocenters. The van der Waals surface area contributed by atoms with Gasteiger partial charge in [-0.1, -0.05) is 30.3 Å². The van der Waals surface area contributed by atoms with Crippen LogP contribution in [0.2, 0.25) is 0 Å². The van der Waals surface area contributed by atoms with E-state index in [4.69, 9.17) is 0 Å². The molecule has 0 aliphatic rings. The zero-order valence-electron chi connectivity index (χ0n) is 14.1. The Morgan fingerprint density at radius 2 is 1.73 bits per heavy atom. The maximum absolute atomic E-state index is 12.0. The van der Waals surface area contributed by atoms with Crippen LogP contribution in [0.5, 0.6) is 0 Å². The lowest BCUT2D eigenvalue weighted by Gasteiger charge is -2.08. The fraction of sp³-hybridized carbons (Fsp3) is 0.158. The Morgan fingerprint density at radius 3 is 2.42 bits per heavy atom. The number of amides is 2. The van der Waals surface area contributed by atoms with E-state index < -0.39 is 0 Å². The molecule has 3 aromatic rings. The summed E-state index contributed by atoms with van der Waals surface area (Å²) in [5.41, 5.74) is 2.49. The van der Waals surface area contributed by atoms with Crippen LogP contribution in [-0.2, 0) is 16.0 Å². The molecule has 0 bridgehead atoms. The lowest BCUT2D eigenvalue weighted by molar-refractivity contribution is -0.120. The van der Waals surface area contributed by atoms with Crippen molar-refractivity contribution >= 4 is 17.5 Å². The Balaban J connectivity index is 1.40.